The van der Waals surface area contributed by atoms with E-state index < -0.39 is 0 Å². The largest absolute Gasteiger partial charge is 0.296 e. The lowest BCUT2D eigenvalue weighted by Crippen LogP contribution is -2.58. The first-order valence-corrected chi connectivity index (χ1v) is 13.5. The molecule has 1 aliphatic rings. The molecule has 174 valence electrons. The lowest BCUT2D eigenvalue weighted by molar-refractivity contribution is -0.0321. The SMILES string of the molecule is CCCCCCCCCCCCCCCCCCC1CC(C)(C)N(C)C(C)(C)C1. The van der Waals surface area contributed by atoms with Crippen LogP contribution in [0.15, 0.2) is 0 Å². The Labute approximate surface area is 185 Å². The Kier molecular flexibility index (Phi) is 13.8. The molecule has 1 heterocycles. The van der Waals surface area contributed by atoms with E-state index in [1.807, 2.05) is 0 Å². The number of hydrogen-bond donors (Lipinski definition) is 0. The van der Waals surface area contributed by atoms with Gasteiger partial charge in [-0.25, -0.2) is 0 Å². The van der Waals surface area contributed by atoms with Crippen molar-refractivity contribution in [1.29, 1.82) is 0 Å². The Morgan fingerprint density at radius 1 is 0.552 bits per heavy atom. The van der Waals surface area contributed by atoms with Crippen LogP contribution in [0.1, 0.15) is 157 Å². The molecule has 1 heteroatoms. The second-order valence-corrected chi connectivity index (χ2v) is 11.6. The van der Waals surface area contributed by atoms with E-state index in [9.17, 15) is 0 Å². The standard InChI is InChI=1S/C28H57N/c1-7-8-9-10-11-12-13-14-15-16-17-18-19-20-21-22-23-26-24-27(2,3)29(6)28(4,5)25-26/h26H,7-25H2,1-6H3. The van der Waals surface area contributed by atoms with Gasteiger partial charge in [0.1, 0.15) is 0 Å². The van der Waals surface area contributed by atoms with Crippen LogP contribution in [0.2, 0.25) is 0 Å². The van der Waals surface area contributed by atoms with Gasteiger partial charge in [0.15, 0.2) is 0 Å². The summed E-state index contributed by atoms with van der Waals surface area (Å²) in [6.07, 6.45) is 27.7. The number of unbranched alkanes of at least 4 members (excludes halogenated alkanes) is 15. The molecule has 0 saturated carbocycles. The minimum absolute atomic E-state index is 0.363. The van der Waals surface area contributed by atoms with Crippen LogP contribution in [-0.4, -0.2) is 23.0 Å². The van der Waals surface area contributed by atoms with Gasteiger partial charge in [0.05, 0.1) is 0 Å². The zero-order chi connectivity index (χ0) is 21.6. The van der Waals surface area contributed by atoms with Crippen molar-refractivity contribution in [3.05, 3.63) is 0 Å². The maximum Gasteiger partial charge on any atom is 0.0158 e. The van der Waals surface area contributed by atoms with Crippen molar-refractivity contribution < 1.29 is 0 Å². The molecule has 0 bridgehead atoms. The van der Waals surface area contributed by atoms with E-state index in [-0.39, 0.29) is 0 Å². The summed E-state index contributed by atoms with van der Waals surface area (Å²) in [6.45, 7) is 12.1. The average Bonchev–Trinajstić information content (AvgIpc) is 2.65. The lowest BCUT2D eigenvalue weighted by atomic mass is 9.72. The van der Waals surface area contributed by atoms with Gasteiger partial charge in [-0.15, -0.1) is 0 Å². The van der Waals surface area contributed by atoms with Gasteiger partial charge in [-0.1, -0.05) is 116 Å². The smallest absolute Gasteiger partial charge is 0.0158 e. The van der Waals surface area contributed by atoms with E-state index in [1.165, 1.54) is 122 Å². The molecule has 0 unspecified atom stereocenters. The molecule has 0 N–H and O–H groups in total. The summed E-state index contributed by atoms with van der Waals surface area (Å²) in [4.78, 5) is 2.62. The number of rotatable bonds is 17. The maximum absolute atomic E-state index is 2.62. The van der Waals surface area contributed by atoms with Crippen LogP contribution in [0.3, 0.4) is 0 Å². The van der Waals surface area contributed by atoms with Gasteiger partial charge in [0.25, 0.3) is 0 Å². The molecule has 1 saturated heterocycles. The molecule has 0 aromatic carbocycles. The molecule has 0 atom stereocenters. The Morgan fingerprint density at radius 2 is 0.862 bits per heavy atom. The molecule has 0 amide bonds. The van der Waals surface area contributed by atoms with Gasteiger partial charge < -0.3 is 0 Å². The summed E-state index contributed by atoms with van der Waals surface area (Å²) >= 11 is 0. The fourth-order valence-electron chi connectivity index (χ4n) is 5.76. The number of likely N-dealkylation sites (tertiary alicyclic amines) is 1. The molecule has 0 aromatic rings. The number of hydrogen-bond acceptors (Lipinski definition) is 1. The molecular weight excluding hydrogens is 350 g/mol. The van der Waals surface area contributed by atoms with Crippen LogP contribution in [-0.2, 0) is 0 Å². The highest BCUT2D eigenvalue weighted by Gasteiger charge is 2.42. The summed E-state index contributed by atoms with van der Waals surface area (Å²) in [7, 11) is 2.32. The summed E-state index contributed by atoms with van der Waals surface area (Å²) in [5.41, 5.74) is 0.725. The van der Waals surface area contributed by atoms with Gasteiger partial charge in [0.2, 0.25) is 0 Å². The van der Waals surface area contributed by atoms with E-state index in [2.05, 4.69) is 46.6 Å². The second-order valence-electron chi connectivity index (χ2n) is 11.6. The Bertz CT molecular complexity index is 366. The predicted octanol–water partition coefficient (Wildman–Crippen LogP) is 9.54. The van der Waals surface area contributed by atoms with Crippen molar-refractivity contribution in [3.63, 3.8) is 0 Å². The van der Waals surface area contributed by atoms with E-state index in [1.54, 1.807) is 0 Å². The summed E-state index contributed by atoms with van der Waals surface area (Å²) in [5.74, 6) is 0.933. The molecule has 0 aromatic heterocycles. The van der Waals surface area contributed by atoms with Crippen LogP contribution in [0.25, 0.3) is 0 Å². The van der Waals surface area contributed by atoms with E-state index in [0.717, 1.165) is 5.92 Å². The molecule has 0 aliphatic carbocycles. The topological polar surface area (TPSA) is 3.24 Å². The monoisotopic (exact) mass is 407 g/mol. The van der Waals surface area contributed by atoms with Gasteiger partial charge in [0, 0.05) is 11.1 Å². The quantitative estimate of drug-likeness (QED) is 0.217. The highest BCUT2D eigenvalue weighted by Crippen LogP contribution is 2.41. The highest BCUT2D eigenvalue weighted by atomic mass is 15.2. The average molecular weight is 408 g/mol. The van der Waals surface area contributed by atoms with E-state index >= 15 is 0 Å². The molecule has 29 heavy (non-hydrogen) atoms. The van der Waals surface area contributed by atoms with Crippen LogP contribution in [0, 0.1) is 5.92 Å². The second kappa shape index (κ2) is 14.9. The minimum Gasteiger partial charge on any atom is -0.296 e. The van der Waals surface area contributed by atoms with Gasteiger partial charge in [-0.05, 0) is 53.5 Å². The molecule has 0 radical (unpaired) electrons. The Morgan fingerprint density at radius 3 is 1.21 bits per heavy atom. The minimum atomic E-state index is 0.363. The van der Waals surface area contributed by atoms with Crippen LogP contribution in [0.4, 0.5) is 0 Å². The lowest BCUT2D eigenvalue weighted by Gasteiger charge is -2.54. The van der Waals surface area contributed by atoms with Crippen molar-refractivity contribution in [1.82, 2.24) is 4.90 Å². The van der Waals surface area contributed by atoms with Gasteiger partial charge in [-0.2, -0.15) is 0 Å². The molecule has 1 aliphatic heterocycles. The Balaban J connectivity index is 1.88. The number of piperidine rings is 1. The van der Waals surface area contributed by atoms with Crippen LogP contribution >= 0.6 is 0 Å². The van der Waals surface area contributed by atoms with Crippen molar-refractivity contribution in [3.8, 4) is 0 Å². The third-order valence-corrected chi connectivity index (χ3v) is 7.86. The Hall–Kier alpha value is -0.0400. The van der Waals surface area contributed by atoms with Crippen molar-refractivity contribution in [2.75, 3.05) is 7.05 Å². The van der Waals surface area contributed by atoms with E-state index in [4.69, 9.17) is 0 Å². The summed E-state index contributed by atoms with van der Waals surface area (Å²) in [6, 6.07) is 0. The first kappa shape index (κ1) is 27.0. The maximum atomic E-state index is 2.62. The van der Waals surface area contributed by atoms with Gasteiger partial charge in [-0.3, -0.25) is 4.90 Å². The first-order valence-electron chi connectivity index (χ1n) is 13.5. The molecule has 0 spiro atoms. The van der Waals surface area contributed by atoms with E-state index in [0.29, 0.717) is 11.1 Å². The fourth-order valence-corrected chi connectivity index (χ4v) is 5.76. The number of nitrogens with zero attached hydrogens (tertiary/aromatic N) is 1. The first-order chi connectivity index (χ1) is 13.8. The molecule has 1 rings (SSSR count). The molecular formula is C28H57N. The molecule has 1 fully saturated rings. The van der Waals surface area contributed by atoms with Crippen molar-refractivity contribution >= 4 is 0 Å². The third-order valence-electron chi connectivity index (χ3n) is 7.86. The third kappa shape index (κ3) is 11.8. The zero-order valence-corrected chi connectivity index (χ0v) is 21.5. The van der Waals surface area contributed by atoms with Crippen LogP contribution < -0.4 is 0 Å². The van der Waals surface area contributed by atoms with Crippen LogP contribution in [0.5, 0.6) is 0 Å². The van der Waals surface area contributed by atoms with Crippen molar-refractivity contribution in [2.45, 2.75) is 168 Å². The predicted molar refractivity (Wildman–Crippen MR) is 133 cm³/mol. The summed E-state index contributed by atoms with van der Waals surface area (Å²) < 4.78 is 0. The fraction of sp³-hybridized carbons (Fsp3) is 1.00. The van der Waals surface area contributed by atoms with Gasteiger partial charge >= 0.3 is 0 Å². The highest BCUT2D eigenvalue weighted by molar-refractivity contribution is 4.98. The summed E-state index contributed by atoms with van der Waals surface area (Å²) in [5, 5.41) is 0. The normalized spacial score (nSPS) is 19.7. The van der Waals surface area contributed by atoms with Crippen molar-refractivity contribution in [2.24, 2.45) is 5.92 Å². The molecule has 1 nitrogen and oxygen atoms in total. The zero-order valence-electron chi connectivity index (χ0n) is 21.5.